The second-order valence-electron chi connectivity index (χ2n) is 6.64. The smallest absolute Gasteiger partial charge is 0.358 e. The zero-order chi connectivity index (χ0) is 15.2. The van der Waals surface area contributed by atoms with Crippen molar-refractivity contribution in [3.05, 3.63) is 11.4 Å². The number of hydrogen-bond donors (Lipinski definition) is 1. The molecule has 0 bridgehead atoms. The van der Waals surface area contributed by atoms with Gasteiger partial charge < -0.3 is 5.11 Å². The van der Waals surface area contributed by atoms with E-state index >= 15 is 0 Å². The average molecular weight is 293 g/mol. The second kappa shape index (κ2) is 7.57. The summed E-state index contributed by atoms with van der Waals surface area (Å²) >= 11 is 0. The molecule has 0 aliphatic heterocycles. The third-order valence-electron chi connectivity index (χ3n) is 4.47. The molecule has 5 heteroatoms. The van der Waals surface area contributed by atoms with Crippen LogP contribution in [-0.4, -0.2) is 26.1 Å². The van der Waals surface area contributed by atoms with Gasteiger partial charge in [0.25, 0.3) is 0 Å². The topological polar surface area (TPSA) is 68.0 Å². The largest absolute Gasteiger partial charge is 0.476 e. The predicted octanol–water partition coefficient (Wildman–Crippen LogP) is 3.54. The molecule has 0 aromatic carbocycles. The first-order chi connectivity index (χ1) is 10.1. The molecular formula is C16H27N3O2. The van der Waals surface area contributed by atoms with E-state index in [-0.39, 0.29) is 5.69 Å². The highest BCUT2D eigenvalue weighted by atomic mass is 16.4. The Morgan fingerprint density at radius 1 is 1.33 bits per heavy atom. The van der Waals surface area contributed by atoms with Crippen LogP contribution in [0.3, 0.4) is 0 Å². The average Bonchev–Trinajstić information content (AvgIpc) is 2.87. The Kier molecular flexibility index (Phi) is 5.76. The molecule has 0 saturated heterocycles. The summed E-state index contributed by atoms with van der Waals surface area (Å²) in [5.41, 5.74) is 0.961. The van der Waals surface area contributed by atoms with E-state index in [4.69, 9.17) is 0 Å². The van der Waals surface area contributed by atoms with Crippen molar-refractivity contribution in [3.8, 4) is 0 Å². The Morgan fingerprint density at radius 2 is 2.05 bits per heavy atom. The third kappa shape index (κ3) is 4.55. The lowest BCUT2D eigenvalue weighted by Crippen LogP contribution is -2.13. The summed E-state index contributed by atoms with van der Waals surface area (Å²) in [5, 5.41) is 17.2. The monoisotopic (exact) mass is 293 g/mol. The first kappa shape index (κ1) is 16.0. The number of carboxylic acid groups (broad SMARTS) is 1. The lowest BCUT2D eigenvalue weighted by atomic mass is 9.85. The number of hydrogen-bond acceptors (Lipinski definition) is 3. The Hall–Kier alpha value is -1.39. The fraction of sp³-hybridized carbons (Fsp3) is 0.812. The van der Waals surface area contributed by atoms with Gasteiger partial charge in [-0.05, 0) is 31.1 Å². The highest BCUT2D eigenvalue weighted by molar-refractivity contribution is 5.86. The maximum absolute atomic E-state index is 11.3. The van der Waals surface area contributed by atoms with Gasteiger partial charge >= 0.3 is 5.97 Å². The van der Waals surface area contributed by atoms with E-state index < -0.39 is 5.97 Å². The lowest BCUT2D eigenvalue weighted by molar-refractivity contribution is 0.0689. The predicted molar refractivity (Wildman–Crippen MR) is 81.3 cm³/mol. The number of nitrogens with zero attached hydrogens (tertiary/aromatic N) is 3. The standard InChI is InChI=1S/C16H27N3O2/c1-12(2)10-11-19-14(15(16(20)21)17-18-19)9-8-13-6-4-3-5-7-13/h12-13H,3-11H2,1-2H3,(H,20,21). The molecule has 1 aliphatic rings. The van der Waals surface area contributed by atoms with Crippen LogP contribution in [0.5, 0.6) is 0 Å². The molecule has 1 aromatic rings. The summed E-state index contributed by atoms with van der Waals surface area (Å²) in [5.74, 6) is 0.368. The molecular weight excluding hydrogens is 266 g/mol. The number of rotatable bonds is 7. The highest BCUT2D eigenvalue weighted by Crippen LogP contribution is 2.27. The van der Waals surface area contributed by atoms with Crippen molar-refractivity contribution in [2.75, 3.05) is 0 Å². The van der Waals surface area contributed by atoms with Gasteiger partial charge in [0.15, 0.2) is 5.69 Å². The summed E-state index contributed by atoms with van der Waals surface area (Å²) in [6.45, 7) is 5.09. The molecule has 1 saturated carbocycles. The van der Waals surface area contributed by atoms with Gasteiger partial charge in [-0.25, -0.2) is 9.48 Å². The van der Waals surface area contributed by atoms with Crippen LogP contribution in [0.2, 0.25) is 0 Å². The summed E-state index contributed by atoms with van der Waals surface area (Å²) in [7, 11) is 0. The van der Waals surface area contributed by atoms with Gasteiger partial charge in [0.2, 0.25) is 0 Å². The fourth-order valence-electron chi connectivity index (χ4n) is 3.12. The van der Waals surface area contributed by atoms with Gasteiger partial charge in [-0.1, -0.05) is 51.2 Å². The van der Waals surface area contributed by atoms with Crippen LogP contribution in [0.15, 0.2) is 0 Å². The van der Waals surface area contributed by atoms with E-state index in [0.29, 0.717) is 5.92 Å². The summed E-state index contributed by atoms with van der Waals surface area (Å²) in [6.07, 6.45) is 9.42. The van der Waals surface area contributed by atoms with E-state index in [9.17, 15) is 9.90 Å². The molecule has 0 unspecified atom stereocenters. The van der Waals surface area contributed by atoms with Gasteiger partial charge in [0.05, 0.1) is 5.69 Å². The van der Waals surface area contributed by atoms with Gasteiger partial charge in [-0.3, -0.25) is 0 Å². The first-order valence-corrected chi connectivity index (χ1v) is 8.23. The quantitative estimate of drug-likeness (QED) is 0.835. The number of carbonyl (C=O) groups is 1. The zero-order valence-electron chi connectivity index (χ0n) is 13.2. The number of aromatic carboxylic acids is 1. The van der Waals surface area contributed by atoms with Gasteiger partial charge in [-0.2, -0.15) is 0 Å². The first-order valence-electron chi connectivity index (χ1n) is 8.23. The fourth-order valence-corrected chi connectivity index (χ4v) is 3.12. The number of carboxylic acids is 1. The normalized spacial score (nSPS) is 16.5. The molecule has 1 fully saturated rings. The van der Waals surface area contributed by atoms with E-state index in [1.54, 1.807) is 0 Å². The third-order valence-corrected chi connectivity index (χ3v) is 4.47. The molecule has 0 spiro atoms. The minimum atomic E-state index is -0.954. The van der Waals surface area contributed by atoms with Crippen molar-refractivity contribution in [2.24, 2.45) is 11.8 Å². The maximum atomic E-state index is 11.3. The molecule has 0 radical (unpaired) electrons. The van der Waals surface area contributed by atoms with Crippen molar-refractivity contribution in [1.82, 2.24) is 15.0 Å². The van der Waals surface area contributed by atoms with Crippen molar-refractivity contribution < 1.29 is 9.90 Å². The van der Waals surface area contributed by atoms with Crippen molar-refractivity contribution in [3.63, 3.8) is 0 Å². The van der Waals surface area contributed by atoms with Gasteiger partial charge in [-0.15, -0.1) is 5.10 Å². The van der Waals surface area contributed by atoms with E-state index in [0.717, 1.165) is 37.4 Å². The van der Waals surface area contributed by atoms with Gasteiger partial charge in [0, 0.05) is 6.54 Å². The van der Waals surface area contributed by atoms with Crippen LogP contribution >= 0.6 is 0 Å². The zero-order valence-corrected chi connectivity index (χ0v) is 13.2. The molecule has 2 rings (SSSR count). The minimum Gasteiger partial charge on any atom is -0.476 e. The molecule has 118 valence electrons. The Bertz CT molecular complexity index is 462. The molecule has 1 aromatic heterocycles. The minimum absolute atomic E-state index is 0.148. The van der Waals surface area contributed by atoms with Crippen LogP contribution in [0.4, 0.5) is 0 Å². The Balaban J connectivity index is 2.02. The molecule has 1 aliphatic carbocycles. The van der Waals surface area contributed by atoms with E-state index in [1.165, 1.54) is 32.1 Å². The van der Waals surface area contributed by atoms with E-state index in [1.807, 2.05) is 4.68 Å². The van der Waals surface area contributed by atoms with Crippen LogP contribution in [0.1, 0.15) is 75.0 Å². The van der Waals surface area contributed by atoms with Gasteiger partial charge in [0.1, 0.15) is 0 Å². The molecule has 1 heterocycles. The maximum Gasteiger partial charge on any atom is 0.358 e. The second-order valence-corrected chi connectivity index (χ2v) is 6.64. The summed E-state index contributed by atoms with van der Waals surface area (Å²) in [4.78, 5) is 11.3. The SMILES string of the molecule is CC(C)CCn1nnc(C(=O)O)c1CCC1CCCCC1. The van der Waals surface area contributed by atoms with Crippen LogP contribution in [0.25, 0.3) is 0 Å². The molecule has 0 atom stereocenters. The summed E-state index contributed by atoms with van der Waals surface area (Å²) in [6, 6.07) is 0. The number of aryl methyl sites for hydroxylation is 1. The Morgan fingerprint density at radius 3 is 2.67 bits per heavy atom. The molecule has 1 N–H and O–H groups in total. The Labute approximate surface area is 126 Å². The lowest BCUT2D eigenvalue weighted by Gasteiger charge is -2.21. The van der Waals surface area contributed by atoms with Crippen LogP contribution in [-0.2, 0) is 13.0 Å². The molecule has 5 nitrogen and oxygen atoms in total. The van der Waals surface area contributed by atoms with Crippen LogP contribution < -0.4 is 0 Å². The van der Waals surface area contributed by atoms with E-state index in [2.05, 4.69) is 24.2 Å². The number of aromatic nitrogens is 3. The van der Waals surface area contributed by atoms with Crippen molar-refractivity contribution in [2.45, 2.75) is 71.8 Å². The highest BCUT2D eigenvalue weighted by Gasteiger charge is 2.21. The molecule has 0 amide bonds. The van der Waals surface area contributed by atoms with Crippen molar-refractivity contribution >= 4 is 5.97 Å². The van der Waals surface area contributed by atoms with Crippen molar-refractivity contribution in [1.29, 1.82) is 0 Å². The molecule has 21 heavy (non-hydrogen) atoms. The summed E-state index contributed by atoms with van der Waals surface area (Å²) < 4.78 is 1.81. The van der Waals surface area contributed by atoms with Crippen LogP contribution in [0, 0.1) is 11.8 Å².